The monoisotopic (exact) mass is 770 g/mol. The maximum Gasteiger partial charge on any atom is 0.496 e. The van der Waals surface area contributed by atoms with Crippen LogP contribution < -0.4 is 16.9 Å². The number of nitrogen functional groups attached to an aromatic ring is 2. The van der Waals surface area contributed by atoms with Crippen molar-refractivity contribution in [2.45, 2.75) is 52.7 Å². The normalized spacial score (nSPS) is 14.3. The van der Waals surface area contributed by atoms with Crippen molar-refractivity contribution < 1.29 is 9.31 Å². The lowest BCUT2D eigenvalue weighted by atomic mass is 9.79. The van der Waals surface area contributed by atoms with Crippen LogP contribution in [0.3, 0.4) is 0 Å². The summed E-state index contributed by atoms with van der Waals surface area (Å²) in [7, 11) is -0.412. The number of H-pyrrole nitrogens is 2. The molecule has 0 saturated carbocycles. The molecular formula is C36H34BBrCl2N8O2. The molecule has 0 amide bonds. The third-order valence-corrected chi connectivity index (χ3v) is 10.5. The van der Waals surface area contributed by atoms with Gasteiger partial charge in [-0.3, -0.25) is 9.97 Å². The highest BCUT2D eigenvalue weighted by Gasteiger charge is 2.52. The first-order valence-corrected chi connectivity index (χ1v) is 16.9. The van der Waals surface area contributed by atoms with E-state index in [4.69, 9.17) is 57.1 Å². The Bertz CT molecular complexity index is 2290. The number of nitrogens with one attached hydrogen (secondary N) is 2. The van der Waals surface area contributed by atoms with E-state index in [1.54, 1.807) is 12.4 Å². The van der Waals surface area contributed by atoms with Gasteiger partial charge in [0.1, 0.15) is 0 Å². The minimum atomic E-state index is -0.412. The smallest absolute Gasteiger partial charge is 0.399 e. The van der Waals surface area contributed by atoms with E-state index in [0.29, 0.717) is 32.8 Å². The predicted molar refractivity (Wildman–Crippen MR) is 208 cm³/mol. The van der Waals surface area contributed by atoms with Gasteiger partial charge < -0.3 is 30.7 Å². The van der Waals surface area contributed by atoms with E-state index in [-0.39, 0.29) is 11.2 Å². The largest absolute Gasteiger partial charge is 0.496 e. The van der Waals surface area contributed by atoms with E-state index in [1.165, 1.54) is 12.4 Å². The van der Waals surface area contributed by atoms with Crippen molar-refractivity contribution in [2.24, 2.45) is 0 Å². The van der Waals surface area contributed by atoms with Gasteiger partial charge in [0.2, 0.25) is 0 Å². The van der Waals surface area contributed by atoms with E-state index in [0.717, 1.165) is 54.0 Å². The van der Waals surface area contributed by atoms with Crippen molar-refractivity contribution in [3.8, 4) is 11.1 Å². The molecular weight excluding hydrogens is 738 g/mol. The van der Waals surface area contributed by atoms with Crippen LogP contribution in [0.25, 0.3) is 42.6 Å². The van der Waals surface area contributed by atoms with E-state index in [2.05, 4.69) is 45.6 Å². The molecule has 0 radical (unpaired) electrons. The molecule has 1 fully saturated rings. The molecule has 1 saturated heterocycles. The standard InChI is InChI=1S/C16H19BN2O2.C15H11ClN4.C5H4BrClN2/c1-10-7-14-11(8-13(10)18-6)12(9-19-14)17-20-15(2,3)16(4,5)21-17;1-8-3-14-9(4-13(8)18-2)10(6-20-14)11-5-19-7-12(17)15(11)16;6-3-1-9-2-4(8)5(3)7/h7-9,19H,1-5H3;3-7,20H,17H2,1H3;1-2H,8H2. The zero-order chi connectivity index (χ0) is 36.5. The highest BCUT2D eigenvalue weighted by Crippen LogP contribution is 2.39. The molecule has 6 N–H and O–H groups in total. The van der Waals surface area contributed by atoms with Gasteiger partial charge in [-0.15, -0.1) is 0 Å². The first-order valence-electron chi connectivity index (χ1n) is 15.4. The van der Waals surface area contributed by atoms with Gasteiger partial charge in [-0.05, 0) is 104 Å². The number of aryl methyl sites for hydroxylation is 2. The number of fused-ring (bicyclic) bond motifs is 2. The van der Waals surface area contributed by atoms with Crippen LogP contribution in [0, 0.1) is 27.0 Å². The first kappa shape index (κ1) is 36.7. The number of anilines is 2. The molecule has 0 aliphatic carbocycles. The molecule has 10 nitrogen and oxygen atoms in total. The van der Waals surface area contributed by atoms with Crippen LogP contribution >= 0.6 is 39.1 Å². The first-order chi connectivity index (χ1) is 23.6. The number of hydrogen-bond donors (Lipinski definition) is 4. The molecule has 1 aliphatic rings. The summed E-state index contributed by atoms with van der Waals surface area (Å²) in [5, 5.41) is 2.93. The molecule has 254 valence electrons. The third-order valence-electron chi connectivity index (χ3n) is 8.84. The predicted octanol–water partition coefficient (Wildman–Crippen LogP) is 9.73. The van der Waals surface area contributed by atoms with Crippen molar-refractivity contribution >= 4 is 96.3 Å². The number of aromatic nitrogens is 4. The Hall–Kier alpha value is -4.56. The van der Waals surface area contributed by atoms with Gasteiger partial charge in [-0.1, -0.05) is 23.2 Å². The summed E-state index contributed by atoms with van der Waals surface area (Å²) in [4.78, 5) is 21.4. The zero-order valence-electron chi connectivity index (χ0n) is 28.2. The maximum absolute atomic E-state index is 7.27. The van der Waals surface area contributed by atoms with Crippen LogP contribution in [0.4, 0.5) is 22.7 Å². The number of rotatable bonds is 2. The van der Waals surface area contributed by atoms with Crippen molar-refractivity contribution in [3.63, 3.8) is 0 Å². The Balaban J connectivity index is 0.000000157. The molecule has 1 aliphatic heterocycles. The van der Waals surface area contributed by atoms with Crippen LogP contribution in [-0.4, -0.2) is 38.3 Å². The number of halogens is 3. The van der Waals surface area contributed by atoms with Gasteiger partial charge in [-0.25, -0.2) is 9.69 Å². The number of nitrogens with zero attached hydrogens (tertiary/aromatic N) is 4. The fourth-order valence-electron chi connectivity index (χ4n) is 5.27. The number of aromatic amines is 2. The third kappa shape index (κ3) is 7.17. The second-order valence-electron chi connectivity index (χ2n) is 12.7. The Morgan fingerprint density at radius 2 is 1.24 bits per heavy atom. The molecule has 7 rings (SSSR count). The summed E-state index contributed by atoms with van der Waals surface area (Å²) >= 11 is 15.1. The van der Waals surface area contributed by atoms with Crippen molar-refractivity contribution in [3.05, 3.63) is 110 Å². The summed E-state index contributed by atoms with van der Waals surface area (Å²) < 4.78 is 12.9. The van der Waals surface area contributed by atoms with E-state index in [9.17, 15) is 0 Å². The Labute approximate surface area is 309 Å². The number of nitrogens with two attached hydrogens (primary N) is 2. The number of pyridine rings is 2. The Kier molecular flexibility index (Phi) is 10.5. The fraction of sp³-hybridized carbons (Fsp3) is 0.222. The van der Waals surface area contributed by atoms with Gasteiger partial charge in [0.25, 0.3) is 0 Å². The average molecular weight is 772 g/mol. The molecule has 6 aromatic rings. The summed E-state index contributed by atoms with van der Waals surface area (Å²) in [6.07, 6.45) is 10.1. The lowest BCUT2D eigenvalue weighted by Crippen LogP contribution is -2.41. The Morgan fingerprint density at radius 1 is 0.740 bits per heavy atom. The summed E-state index contributed by atoms with van der Waals surface area (Å²) in [6.45, 7) is 26.5. The van der Waals surface area contributed by atoms with Crippen molar-refractivity contribution in [1.82, 2.24) is 19.9 Å². The minimum absolute atomic E-state index is 0.366. The van der Waals surface area contributed by atoms with E-state index in [1.807, 2.05) is 78.2 Å². The topological polar surface area (TPSA) is 137 Å². The van der Waals surface area contributed by atoms with Crippen LogP contribution in [0.2, 0.25) is 10.0 Å². The molecule has 0 unspecified atom stereocenters. The molecule has 2 aromatic carbocycles. The maximum atomic E-state index is 7.27. The van der Waals surface area contributed by atoms with Gasteiger partial charge in [0.15, 0.2) is 11.4 Å². The van der Waals surface area contributed by atoms with Crippen molar-refractivity contribution in [1.29, 1.82) is 0 Å². The molecule has 0 spiro atoms. The van der Waals surface area contributed by atoms with Gasteiger partial charge >= 0.3 is 7.12 Å². The lowest BCUT2D eigenvalue weighted by Gasteiger charge is -2.32. The average Bonchev–Trinajstić information content (AvgIpc) is 3.73. The second-order valence-corrected chi connectivity index (χ2v) is 14.4. The van der Waals surface area contributed by atoms with Crippen LogP contribution in [0.15, 0.2) is 65.9 Å². The molecule has 0 atom stereocenters. The van der Waals surface area contributed by atoms with E-state index < -0.39 is 7.12 Å². The minimum Gasteiger partial charge on any atom is -0.399 e. The highest BCUT2D eigenvalue weighted by atomic mass is 79.9. The van der Waals surface area contributed by atoms with Gasteiger partial charge in [0.05, 0.1) is 62.6 Å². The quantitative estimate of drug-likeness (QED) is 0.102. The summed E-state index contributed by atoms with van der Waals surface area (Å²) in [5.41, 5.74) is 19.2. The van der Waals surface area contributed by atoms with Gasteiger partial charge in [0, 0.05) is 52.4 Å². The highest BCUT2D eigenvalue weighted by molar-refractivity contribution is 9.10. The molecule has 50 heavy (non-hydrogen) atoms. The molecule has 14 heteroatoms. The fourth-order valence-corrected chi connectivity index (χ4v) is 5.91. The van der Waals surface area contributed by atoms with Crippen LogP contribution in [0.1, 0.15) is 38.8 Å². The second kappa shape index (κ2) is 14.4. The molecule has 0 bridgehead atoms. The molecule has 5 heterocycles. The van der Waals surface area contributed by atoms with Crippen LogP contribution in [-0.2, 0) is 9.31 Å². The van der Waals surface area contributed by atoms with E-state index >= 15 is 0 Å². The number of benzene rings is 2. The molecule has 4 aromatic heterocycles. The zero-order valence-corrected chi connectivity index (χ0v) is 31.3. The lowest BCUT2D eigenvalue weighted by molar-refractivity contribution is 0.00578. The SMILES string of the molecule is Nc1cncc(Br)c1Cl.[C-]#[N+]c1cc2c(-c3cncc(N)c3Cl)c[nH]c2cc1C.[C-]#[N+]c1cc2c(B3OC(C)(C)C(C)(C)O3)c[nH]c2cc1C. The van der Waals surface area contributed by atoms with Crippen LogP contribution in [0.5, 0.6) is 0 Å². The summed E-state index contributed by atoms with van der Waals surface area (Å²) in [5.74, 6) is 0. The van der Waals surface area contributed by atoms with Crippen molar-refractivity contribution in [2.75, 3.05) is 11.5 Å². The van der Waals surface area contributed by atoms with Gasteiger partial charge in [-0.2, -0.15) is 0 Å². The summed E-state index contributed by atoms with van der Waals surface area (Å²) in [6, 6.07) is 7.73. The number of hydrogen-bond acceptors (Lipinski definition) is 6. The Morgan fingerprint density at radius 3 is 1.78 bits per heavy atom.